The van der Waals surface area contributed by atoms with Gasteiger partial charge in [0.1, 0.15) is 5.75 Å². The SMILES string of the molecule is CCOc1c(Br)cc(CNC(C)CCS(C)=O)cc1Br. The fourth-order valence-electron chi connectivity index (χ4n) is 1.73. The molecule has 0 bridgehead atoms. The molecule has 6 heteroatoms. The maximum atomic E-state index is 11.1. The molecule has 1 aromatic carbocycles. The fraction of sp³-hybridized carbons (Fsp3) is 0.571. The van der Waals surface area contributed by atoms with Crippen LogP contribution in [0.25, 0.3) is 0 Å². The Morgan fingerprint density at radius 3 is 2.45 bits per heavy atom. The number of hydrogen-bond donors (Lipinski definition) is 1. The van der Waals surface area contributed by atoms with Crippen molar-refractivity contribution in [1.29, 1.82) is 0 Å². The largest absolute Gasteiger partial charge is 0.492 e. The molecule has 20 heavy (non-hydrogen) atoms. The Hall–Kier alpha value is 0.0900. The Labute approximate surface area is 140 Å². The second-order valence-corrected chi connectivity index (χ2v) is 7.93. The van der Waals surface area contributed by atoms with Gasteiger partial charge in [0.2, 0.25) is 0 Å². The average molecular weight is 427 g/mol. The van der Waals surface area contributed by atoms with Gasteiger partial charge in [0, 0.05) is 35.4 Å². The van der Waals surface area contributed by atoms with E-state index in [9.17, 15) is 4.21 Å². The average Bonchev–Trinajstić information content (AvgIpc) is 2.38. The van der Waals surface area contributed by atoms with E-state index in [-0.39, 0.29) is 0 Å². The molecule has 0 radical (unpaired) electrons. The van der Waals surface area contributed by atoms with Crippen LogP contribution in [0.4, 0.5) is 0 Å². The van der Waals surface area contributed by atoms with Crippen LogP contribution in [0.5, 0.6) is 5.75 Å². The van der Waals surface area contributed by atoms with E-state index < -0.39 is 10.8 Å². The van der Waals surface area contributed by atoms with E-state index in [1.165, 1.54) is 5.56 Å². The Kier molecular flexibility index (Phi) is 8.32. The van der Waals surface area contributed by atoms with Gasteiger partial charge in [-0.3, -0.25) is 4.21 Å². The van der Waals surface area contributed by atoms with Crippen LogP contribution in [-0.2, 0) is 17.3 Å². The van der Waals surface area contributed by atoms with E-state index in [2.05, 4.69) is 56.2 Å². The van der Waals surface area contributed by atoms with Crippen molar-refractivity contribution in [2.45, 2.75) is 32.9 Å². The van der Waals surface area contributed by atoms with Gasteiger partial charge in [-0.1, -0.05) is 0 Å². The molecule has 0 amide bonds. The molecule has 0 aliphatic carbocycles. The van der Waals surface area contributed by atoms with Gasteiger partial charge in [-0.2, -0.15) is 0 Å². The van der Waals surface area contributed by atoms with Crippen LogP contribution in [0.2, 0.25) is 0 Å². The van der Waals surface area contributed by atoms with Crippen molar-refractivity contribution >= 4 is 42.7 Å². The molecule has 3 nitrogen and oxygen atoms in total. The normalized spacial score (nSPS) is 14.1. The van der Waals surface area contributed by atoms with Gasteiger partial charge in [-0.25, -0.2) is 0 Å². The summed E-state index contributed by atoms with van der Waals surface area (Å²) in [6, 6.07) is 4.48. The number of benzene rings is 1. The van der Waals surface area contributed by atoms with Crippen LogP contribution in [0.1, 0.15) is 25.8 Å². The maximum Gasteiger partial charge on any atom is 0.147 e. The molecule has 0 saturated carbocycles. The molecule has 0 spiro atoms. The van der Waals surface area contributed by atoms with Gasteiger partial charge in [0.25, 0.3) is 0 Å². The van der Waals surface area contributed by atoms with E-state index in [1.54, 1.807) is 6.26 Å². The van der Waals surface area contributed by atoms with Crippen molar-refractivity contribution in [1.82, 2.24) is 5.32 Å². The number of rotatable bonds is 8. The summed E-state index contributed by atoms with van der Waals surface area (Å²) in [7, 11) is -0.719. The molecule has 0 heterocycles. The zero-order valence-corrected chi connectivity index (χ0v) is 16.0. The molecule has 2 atom stereocenters. The standard InChI is InChI=1S/C14H21Br2NO2S/c1-4-19-14-12(15)7-11(8-13(14)16)9-17-10(2)5-6-20(3)18/h7-8,10,17H,4-6,9H2,1-3H3. The van der Waals surface area contributed by atoms with Gasteiger partial charge in [0.15, 0.2) is 0 Å². The molecule has 0 aromatic heterocycles. The zero-order valence-electron chi connectivity index (χ0n) is 12.0. The van der Waals surface area contributed by atoms with Crippen molar-refractivity contribution in [3.05, 3.63) is 26.6 Å². The summed E-state index contributed by atoms with van der Waals surface area (Å²) in [6.45, 7) is 5.50. The Bertz CT molecular complexity index is 445. The minimum absolute atomic E-state index is 0.350. The molecule has 0 fully saturated rings. The lowest BCUT2D eigenvalue weighted by Gasteiger charge is -2.15. The summed E-state index contributed by atoms with van der Waals surface area (Å²) in [4.78, 5) is 0. The highest BCUT2D eigenvalue weighted by atomic mass is 79.9. The minimum Gasteiger partial charge on any atom is -0.492 e. The van der Waals surface area contributed by atoms with Gasteiger partial charge < -0.3 is 10.1 Å². The van der Waals surface area contributed by atoms with E-state index in [4.69, 9.17) is 4.74 Å². The molecular weight excluding hydrogens is 406 g/mol. The third kappa shape index (κ3) is 6.24. The Morgan fingerprint density at radius 1 is 1.35 bits per heavy atom. The summed E-state index contributed by atoms with van der Waals surface area (Å²) in [6.07, 6.45) is 2.66. The molecule has 1 rings (SSSR count). The molecule has 0 aliphatic heterocycles. The third-order valence-corrected chi connectivity index (χ3v) is 4.83. The second kappa shape index (κ2) is 9.18. The molecule has 0 aliphatic rings. The molecule has 2 unspecified atom stereocenters. The molecule has 0 saturated heterocycles. The van der Waals surface area contributed by atoms with Crippen molar-refractivity contribution in [2.75, 3.05) is 18.6 Å². The first-order chi connectivity index (χ1) is 9.43. The van der Waals surface area contributed by atoms with Gasteiger partial charge >= 0.3 is 0 Å². The maximum absolute atomic E-state index is 11.1. The third-order valence-electron chi connectivity index (χ3n) is 2.84. The lowest BCUT2D eigenvalue weighted by molar-refractivity contribution is 0.336. The highest BCUT2D eigenvalue weighted by Gasteiger charge is 2.09. The monoisotopic (exact) mass is 425 g/mol. The minimum atomic E-state index is -0.719. The van der Waals surface area contributed by atoms with Crippen molar-refractivity contribution in [3.63, 3.8) is 0 Å². The first kappa shape index (κ1) is 18.1. The first-order valence-corrected chi connectivity index (χ1v) is 9.89. The summed E-state index contributed by atoms with van der Waals surface area (Å²) in [5, 5.41) is 3.44. The Balaban J connectivity index is 2.58. The number of hydrogen-bond acceptors (Lipinski definition) is 3. The van der Waals surface area contributed by atoms with E-state index in [1.807, 2.05) is 6.92 Å². The molecular formula is C14H21Br2NO2S. The summed E-state index contributed by atoms with van der Waals surface area (Å²) >= 11 is 7.07. The van der Waals surface area contributed by atoms with E-state index in [0.717, 1.165) is 33.4 Å². The van der Waals surface area contributed by atoms with Crippen molar-refractivity contribution in [2.24, 2.45) is 0 Å². The Morgan fingerprint density at radius 2 is 1.95 bits per heavy atom. The summed E-state index contributed by atoms with van der Waals surface area (Å²) < 4.78 is 18.5. The number of nitrogens with one attached hydrogen (secondary N) is 1. The highest BCUT2D eigenvalue weighted by molar-refractivity contribution is 9.11. The van der Waals surface area contributed by atoms with Crippen LogP contribution in [0.3, 0.4) is 0 Å². The first-order valence-electron chi connectivity index (χ1n) is 6.58. The number of ether oxygens (including phenoxy) is 1. The van der Waals surface area contributed by atoms with Crippen LogP contribution >= 0.6 is 31.9 Å². The quantitative estimate of drug-likeness (QED) is 0.685. The fourth-order valence-corrected chi connectivity index (χ4v) is 3.93. The van der Waals surface area contributed by atoms with Crippen LogP contribution < -0.4 is 10.1 Å². The van der Waals surface area contributed by atoms with E-state index >= 15 is 0 Å². The summed E-state index contributed by atoms with van der Waals surface area (Å²) in [5.74, 6) is 1.58. The number of halogens is 2. The van der Waals surface area contributed by atoms with Gasteiger partial charge in [-0.15, -0.1) is 0 Å². The molecule has 1 aromatic rings. The van der Waals surface area contributed by atoms with Crippen LogP contribution in [0, 0.1) is 0 Å². The van der Waals surface area contributed by atoms with Crippen LogP contribution in [-0.4, -0.2) is 28.9 Å². The highest BCUT2D eigenvalue weighted by Crippen LogP contribution is 2.34. The second-order valence-electron chi connectivity index (χ2n) is 4.67. The topological polar surface area (TPSA) is 38.3 Å². The summed E-state index contributed by atoms with van der Waals surface area (Å²) in [5.41, 5.74) is 1.18. The van der Waals surface area contributed by atoms with Crippen molar-refractivity contribution < 1.29 is 8.95 Å². The zero-order chi connectivity index (χ0) is 15.1. The van der Waals surface area contributed by atoms with Crippen LogP contribution in [0.15, 0.2) is 21.1 Å². The lowest BCUT2D eigenvalue weighted by Crippen LogP contribution is -2.27. The lowest BCUT2D eigenvalue weighted by atomic mass is 10.2. The molecule has 114 valence electrons. The predicted octanol–water partition coefficient (Wildman–Crippen LogP) is 3.86. The van der Waals surface area contributed by atoms with E-state index in [0.29, 0.717) is 12.6 Å². The van der Waals surface area contributed by atoms with Crippen molar-refractivity contribution in [3.8, 4) is 5.75 Å². The predicted molar refractivity (Wildman–Crippen MR) is 92.9 cm³/mol. The van der Waals surface area contributed by atoms with Gasteiger partial charge in [0.05, 0.1) is 15.6 Å². The van der Waals surface area contributed by atoms with Gasteiger partial charge in [-0.05, 0) is 69.8 Å². The smallest absolute Gasteiger partial charge is 0.147 e. The molecule has 1 N–H and O–H groups in total.